The molecule has 2 heterocycles. The van der Waals surface area contributed by atoms with Gasteiger partial charge in [-0.1, -0.05) is 38.1 Å². The van der Waals surface area contributed by atoms with Crippen LogP contribution in [-0.4, -0.2) is 41.9 Å². The SMILES string of the molecule is CCCC(=O)N1Cc2ccccc2CC2(CCCN(CCC)C2)C1. The number of amides is 1. The lowest BCUT2D eigenvalue weighted by Crippen LogP contribution is -2.50. The van der Waals surface area contributed by atoms with Crippen LogP contribution in [0.4, 0.5) is 0 Å². The highest BCUT2D eigenvalue weighted by molar-refractivity contribution is 5.76. The smallest absolute Gasteiger partial charge is 0.222 e. The van der Waals surface area contributed by atoms with E-state index in [0.29, 0.717) is 12.3 Å². The van der Waals surface area contributed by atoms with Crippen molar-refractivity contribution in [2.45, 2.75) is 58.9 Å². The van der Waals surface area contributed by atoms with Crippen LogP contribution >= 0.6 is 0 Å². The molecule has 1 aromatic carbocycles. The van der Waals surface area contributed by atoms with Crippen LogP contribution in [0.2, 0.25) is 0 Å². The Kier molecular flexibility index (Phi) is 5.60. The van der Waals surface area contributed by atoms with E-state index in [1.165, 1.54) is 43.5 Å². The van der Waals surface area contributed by atoms with Gasteiger partial charge in [0.15, 0.2) is 0 Å². The Morgan fingerprint density at radius 1 is 1.12 bits per heavy atom. The summed E-state index contributed by atoms with van der Waals surface area (Å²) < 4.78 is 0. The molecule has 0 aliphatic carbocycles. The quantitative estimate of drug-likeness (QED) is 0.838. The summed E-state index contributed by atoms with van der Waals surface area (Å²) in [5.74, 6) is 0.334. The van der Waals surface area contributed by atoms with Crippen LogP contribution in [0.15, 0.2) is 24.3 Å². The first-order chi connectivity index (χ1) is 11.7. The standard InChI is InChI=1S/C21H32N2O/c1-3-8-20(24)23-15-19-10-6-5-9-18(19)14-21(17-23)11-7-13-22(16-21)12-4-2/h5-6,9-10H,3-4,7-8,11-17H2,1-2H3. The molecule has 1 spiro atoms. The molecule has 1 fully saturated rings. The Balaban J connectivity index is 1.89. The zero-order valence-corrected chi connectivity index (χ0v) is 15.4. The number of rotatable bonds is 4. The average Bonchev–Trinajstić information content (AvgIpc) is 2.72. The van der Waals surface area contributed by atoms with E-state index in [2.05, 4.69) is 47.9 Å². The van der Waals surface area contributed by atoms with E-state index in [1.807, 2.05) is 0 Å². The highest BCUT2D eigenvalue weighted by Gasteiger charge is 2.40. The topological polar surface area (TPSA) is 23.6 Å². The van der Waals surface area contributed by atoms with Crippen LogP contribution in [0.5, 0.6) is 0 Å². The molecule has 24 heavy (non-hydrogen) atoms. The zero-order chi connectivity index (χ0) is 17.0. The summed E-state index contributed by atoms with van der Waals surface area (Å²) >= 11 is 0. The lowest BCUT2D eigenvalue weighted by atomic mass is 9.74. The molecule has 1 atom stereocenters. The van der Waals surface area contributed by atoms with E-state index in [1.54, 1.807) is 0 Å². The molecule has 3 nitrogen and oxygen atoms in total. The summed E-state index contributed by atoms with van der Waals surface area (Å²) in [6.45, 7) is 9.65. The van der Waals surface area contributed by atoms with Gasteiger partial charge < -0.3 is 9.80 Å². The van der Waals surface area contributed by atoms with Gasteiger partial charge >= 0.3 is 0 Å². The number of hydrogen-bond acceptors (Lipinski definition) is 2. The maximum Gasteiger partial charge on any atom is 0.222 e. The third-order valence-electron chi connectivity index (χ3n) is 5.67. The van der Waals surface area contributed by atoms with Gasteiger partial charge in [-0.3, -0.25) is 4.79 Å². The molecule has 0 radical (unpaired) electrons. The predicted molar refractivity (Wildman–Crippen MR) is 98.9 cm³/mol. The maximum absolute atomic E-state index is 12.7. The van der Waals surface area contributed by atoms with Crippen LogP contribution in [0, 0.1) is 5.41 Å². The minimum absolute atomic E-state index is 0.240. The molecule has 0 bridgehead atoms. The summed E-state index contributed by atoms with van der Waals surface area (Å²) in [5.41, 5.74) is 3.05. The number of benzene rings is 1. The molecule has 132 valence electrons. The Hall–Kier alpha value is -1.35. The number of carbonyl (C=O) groups excluding carboxylic acids is 1. The van der Waals surface area contributed by atoms with E-state index in [0.717, 1.165) is 32.5 Å². The van der Waals surface area contributed by atoms with E-state index >= 15 is 0 Å². The fourth-order valence-electron chi connectivity index (χ4n) is 4.65. The van der Waals surface area contributed by atoms with Crippen LogP contribution in [0.1, 0.15) is 57.1 Å². The summed E-state index contributed by atoms with van der Waals surface area (Å²) in [5, 5.41) is 0. The number of carbonyl (C=O) groups is 1. The van der Waals surface area contributed by atoms with Crippen molar-refractivity contribution >= 4 is 5.91 Å². The van der Waals surface area contributed by atoms with Crippen molar-refractivity contribution in [3.8, 4) is 0 Å². The number of nitrogens with zero attached hydrogens (tertiary/aromatic N) is 2. The molecule has 2 aliphatic heterocycles. The van der Waals surface area contributed by atoms with Crippen molar-refractivity contribution in [2.75, 3.05) is 26.2 Å². The third-order valence-corrected chi connectivity index (χ3v) is 5.67. The van der Waals surface area contributed by atoms with Gasteiger partial charge in [0.2, 0.25) is 5.91 Å². The predicted octanol–water partition coefficient (Wildman–Crippen LogP) is 3.86. The molecule has 1 aromatic rings. The first-order valence-electron chi connectivity index (χ1n) is 9.73. The molecule has 0 aromatic heterocycles. The first-order valence-corrected chi connectivity index (χ1v) is 9.73. The minimum atomic E-state index is 0.240. The summed E-state index contributed by atoms with van der Waals surface area (Å²) in [6.07, 6.45) is 6.46. The monoisotopic (exact) mass is 328 g/mol. The fraction of sp³-hybridized carbons (Fsp3) is 0.667. The third kappa shape index (κ3) is 3.83. The number of fused-ring (bicyclic) bond motifs is 1. The van der Waals surface area contributed by atoms with Gasteiger partial charge in [-0.25, -0.2) is 0 Å². The van der Waals surface area contributed by atoms with Crippen molar-refractivity contribution < 1.29 is 4.79 Å². The van der Waals surface area contributed by atoms with Crippen molar-refractivity contribution in [1.82, 2.24) is 9.80 Å². The Morgan fingerprint density at radius 3 is 2.67 bits per heavy atom. The van der Waals surface area contributed by atoms with Crippen molar-refractivity contribution in [2.24, 2.45) is 5.41 Å². The van der Waals surface area contributed by atoms with E-state index in [-0.39, 0.29) is 5.41 Å². The van der Waals surface area contributed by atoms with Gasteiger partial charge in [-0.2, -0.15) is 0 Å². The largest absolute Gasteiger partial charge is 0.338 e. The van der Waals surface area contributed by atoms with Crippen LogP contribution < -0.4 is 0 Å². The molecule has 1 amide bonds. The lowest BCUT2D eigenvalue weighted by molar-refractivity contribution is -0.134. The first kappa shape index (κ1) is 17.5. The van der Waals surface area contributed by atoms with E-state index in [9.17, 15) is 4.79 Å². The van der Waals surface area contributed by atoms with Gasteiger partial charge in [0.1, 0.15) is 0 Å². The highest BCUT2D eigenvalue weighted by Crippen LogP contribution is 2.38. The van der Waals surface area contributed by atoms with Gasteiger partial charge in [0.25, 0.3) is 0 Å². The number of hydrogen-bond donors (Lipinski definition) is 0. The molecular weight excluding hydrogens is 296 g/mol. The lowest BCUT2D eigenvalue weighted by Gasteiger charge is -2.44. The summed E-state index contributed by atoms with van der Waals surface area (Å²) in [6, 6.07) is 8.77. The normalized spacial score (nSPS) is 24.7. The molecule has 1 unspecified atom stereocenters. The van der Waals surface area contributed by atoms with Crippen molar-refractivity contribution in [3.63, 3.8) is 0 Å². The van der Waals surface area contributed by atoms with Crippen LogP contribution in [0.25, 0.3) is 0 Å². The molecule has 0 saturated carbocycles. The number of piperidine rings is 1. The van der Waals surface area contributed by atoms with Crippen molar-refractivity contribution in [3.05, 3.63) is 35.4 Å². The fourth-order valence-corrected chi connectivity index (χ4v) is 4.65. The van der Waals surface area contributed by atoms with Crippen molar-refractivity contribution in [1.29, 1.82) is 0 Å². The Morgan fingerprint density at radius 2 is 1.92 bits per heavy atom. The average molecular weight is 329 g/mol. The van der Waals surface area contributed by atoms with Crippen LogP contribution in [0.3, 0.4) is 0 Å². The van der Waals surface area contributed by atoms with Gasteiger partial charge in [-0.15, -0.1) is 0 Å². The second-order valence-corrected chi connectivity index (χ2v) is 7.82. The maximum atomic E-state index is 12.7. The highest BCUT2D eigenvalue weighted by atomic mass is 16.2. The summed E-state index contributed by atoms with van der Waals surface area (Å²) in [7, 11) is 0. The minimum Gasteiger partial charge on any atom is -0.338 e. The molecule has 3 rings (SSSR count). The van der Waals surface area contributed by atoms with Crippen LogP contribution in [-0.2, 0) is 17.8 Å². The Labute approximate surface area is 147 Å². The second-order valence-electron chi connectivity index (χ2n) is 7.82. The molecule has 2 aliphatic rings. The van der Waals surface area contributed by atoms with E-state index < -0.39 is 0 Å². The number of likely N-dealkylation sites (tertiary alicyclic amines) is 1. The summed E-state index contributed by atoms with van der Waals surface area (Å²) in [4.78, 5) is 17.5. The molecule has 1 saturated heterocycles. The Bertz CT molecular complexity index is 569. The van der Waals surface area contributed by atoms with Gasteiger partial charge in [0, 0.05) is 31.5 Å². The second kappa shape index (κ2) is 7.69. The zero-order valence-electron chi connectivity index (χ0n) is 15.4. The van der Waals surface area contributed by atoms with Gasteiger partial charge in [0.05, 0.1) is 0 Å². The van der Waals surface area contributed by atoms with Gasteiger partial charge in [-0.05, 0) is 56.3 Å². The molecule has 3 heteroatoms. The molecular formula is C21H32N2O. The van der Waals surface area contributed by atoms with E-state index in [4.69, 9.17) is 0 Å². The molecule has 0 N–H and O–H groups in total.